The third-order valence-electron chi connectivity index (χ3n) is 3.52. The minimum Gasteiger partial charge on any atom is -0.325 e. The van der Waals surface area contributed by atoms with Crippen LogP contribution in [0.15, 0.2) is 24.3 Å². The van der Waals surface area contributed by atoms with Crippen molar-refractivity contribution in [3.63, 3.8) is 0 Å². The van der Waals surface area contributed by atoms with E-state index < -0.39 is 16.1 Å². The quantitative estimate of drug-likeness (QED) is 0.872. The standard InChI is InChI=1S/C14H21N3O3S/c1-10(2)13(15)14(18)16-11-5-3-6-12(9-11)17-7-4-8-21(17,19)20/h3,5-6,9-10,13H,4,7-8,15H2,1-2H3,(H,16,18)/t13-/m0/s1. The molecular weight excluding hydrogens is 290 g/mol. The van der Waals surface area contributed by atoms with Gasteiger partial charge in [0.25, 0.3) is 0 Å². The van der Waals surface area contributed by atoms with Crippen molar-refractivity contribution >= 4 is 27.3 Å². The summed E-state index contributed by atoms with van der Waals surface area (Å²) in [6, 6.07) is 6.23. The molecule has 2 rings (SSSR count). The smallest absolute Gasteiger partial charge is 0.241 e. The van der Waals surface area contributed by atoms with Gasteiger partial charge in [-0.15, -0.1) is 0 Å². The second-order valence-electron chi connectivity index (χ2n) is 5.55. The zero-order valence-corrected chi connectivity index (χ0v) is 13.1. The van der Waals surface area contributed by atoms with Gasteiger partial charge in [-0.1, -0.05) is 19.9 Å². The van der Waals surface area contributed by atoms with Gasteiger partial charge in [0.05, 0.1) is 17.5 Å². The summed E-state index contributed by atoms with van der Waals surface area (Å²) in [5.74, 6) is -0.0690. The Kier molecular flexibility index (Phi) is 4.53. The van der Waals surface area contributed by atoms with Gasteiger partial charge in [0.15, 0.2) is 0 Å². The third-order valence-corrected chi connectivity index (χ3v) is 5.39. The van der Waals surface area contributed by atoms with Crippen molar-refractivity contribution in [3.8, 4) is 0 Å². The minimum atomic E-state index is -3.22. The predicted octanol–water partition coefficient (Wildman–Crippen LogP) is 1.15. The van der Waals surface area contributed by atoms with Crippen molar-refractivity contribution in [1.29, 1.82) is 0 Å². The molecule has 1 amide bonds. The summed E-state index contributed by atoms with van der Waals surface area (Å²) in [6.45, 7) is 4.22. The Morgan fingerprint density at radius 1 is 1.38 bits per heavy atom. The van der Waals surface area contributed by atoms with Crippen LogP contribution in [-0.4, -0.2) is 32.7 Å². The summed E-state index contributed by atoms with van der Waals surface area (Å²) in [5, 5.41) is 2.73. The molecule has 0 radical (unpaired) electrons. The third kappa shape index (κ3) is 3.54. The van der Waals surface area contributed by atoms with Crippen molar-refractivity contribution in [2.24, 2.45) is 11.7 Å². The molecule has 0 aliphatic carbocycles. The fourth-order valence-electron chi connectivity index (χ4n) is 2.20. The number of rotatable bonds is 4. The normalized spacial score (nSPS) is 18.8. The maximum absolute atomic E-state index is 11.9. The summed E-state index contributed by atoms with van der Waals surface area (Å²) >= 11 is 0. The van der Waals surface area contributed by atoms with Crippen LogP contribution in [0.4, 0.5) is 11.4 Å². The van der Waals surface area contributed by atoms with Crippen LogP contribution in [0, 0.1) is 5.92 Å². The van der Waals surface area contributed by atoms with Crippen molar-refractivity contribution < 1.29 is 13.2 Å². The number of amides is 1. The van der Waals surface area contributed by atoms with Crippen molar-refractivity contribution in [2.75, 3.05) is 21.9 Å². The maximum atomic E-state index is 11.9. The van der Waals surface area contributed by atoms with Gasteiger partial charge < -0.3 is 11.1 Å². The van der Waals surface area contributed by atoms with Crippen LogP contribution in [-0.2, 0) is 14.8 Å². The summed E-state index contributed by atoms with van der Waals surface area (Å²) in [6.07, 6.45) is 0.622. The van der Waals surface area contributed by atoms with Gasteiger partial charge in [0.2, 0.25) is 15.9 Å². The second kappa shape index (κ2) is 6.03. The number of nitrogens with two attached hydrogens (primary N) is 1. The van der Waals surface area contributed by atoms with E-state index in [1.807, 2.05) is 13.8 Å². The van der Waals surface area contributed by atoms with Gasteiger partial charge >= 0.3 is 0 Å². The van der Waals surface area contributed by atoms with Gasteiger partial charge in [0, 0.05) is 12.2 Å². The van der Waals surface area contributed by atoms with Crippen LogP contribution < -0.4 is 15.4 Å². The first kappa shape index (κ1) is 15.8. The monoisotopic (exact) mass is 311 g/mol. The highest BCUT2D eigenvalue weighted by atomic mass is 32.2. The Balaban J connectivity index is 2.17. The molecule has 1 atom stereocenters. The molecule has 0 bridgehead atoms. The molecule has 1 aromatic carbocycles. The number of anilines is 2. The molecule has 1 aliphatic rings. The topological polar surface area (TPSA) is 92.5 Å². The molecule has 6 nitrogen and oxygen atoms in total. The Labute approximate surface area is 125 Å². The lowest BCUT2D eigenvalue weighted by atomic mass is 10.0. The second-order valence-corrected chi connectivity index (χ2v) is 7.56. The number of nitrogens with one attached hydrogen (secondary N) is 1. The number of carbonyl (C=O) groups is 1. The fourth-order valence-corrected chi connectivity index (χ4v) is 3.75. The molecule has 7 heteroatoms. The molecule has 1 fully saturated rings. The largest absolute Gasteiger partial charge is 0.325 e. The van der Waals surface area contributed by atoms with E-state index in [1.54, 1.807) is 24.3 Å². The summed E-state index contributed by atoms with van der Waals surface area (Å²) < 4.78 is 25.2. The van der Waals surface area contributed by atoms with Crippen LogP contribution in [0.25, 0.3) is 0 Å². The highest BCUT2D eigenvalue weighted by molar-refractivity contribution is 7.93. The number of carbonyl (C=O) groups excluding carboxylic acids is 1. The van der Waals surface area contributed by atoms with E-state index in [0.717, 1.165) is 0 Å². The average Bonchev–Trinajstić information content (AvgIpc) is 2.77. The molecule has 0 aromatic heterocycles. The highest BCUT2D eigenvalue weighted by Gasteiger charge is 2.28. The van der Waals surface area contributed by atoms with Gasteiger partial charge in [-0.3, -0.25) is 9.10 Å². The molecule has 1 heterocycles. The Morgan fingerprint density at radius 3 is 2.67 bits per heavy atom. The summed E-state index contributed by atoms with van der Waals surface area (Å²) in [4.78, 5) is 11.9. The van der Waals surface area contributed by atoms with E-state index in [2.05, 4.69) is 5.32 Å². The molecule has 1 aliphatic heterocycles. The number of hydrogen-bond donors (Lipinski definition) is 2. The number of benzene rings is 1. The molecule has 116 valence electrons. The Morgan fingerprint density at radius 2 is 2.10 bits per heavy atom. The van der Waals surface area contributed by atoms with Crippen LogP contribution >= 0.6 is 0 Å². The lowest BCUT2D eigenvalue weighted by molar-refractivity contribution is -0.118. The maximum Gasteiger partial charge on any atom is 0.241 e. The van der Waals surface area contributed by atoms with Crippen molar-refractivity contribution in [3.05, 3.63) is 24.3 Å². The van der Waals surface area contributed by atoms with E-state index >= 15 is 0 Å². The van der Waals surface area contributed by atoms with Crippen molar-refractivity contribution in [1.82, 2.24) is 0 Å². The molecule has 0 unspecified atom stereocenters. The number of sulfonamides is 1. The zero-order valence-electron chi connectivity index (χ0n) is 12.2. The molecule has 3 N–H and O–H groups in total. The Bertz CT molecular complexity index is 628. The first-order chi connectivity index (χ1) is 9.81. The van der Waals surface area contributed by atoms with Crippen LogP contribution in [0.1, 0.15) is 20.3 Å². The van der Waals surface area contributed by atoms with Crippen LogP contribution in [0.2, 0.25) is 0 Å². The van der Waals surface area contributed by atoms with Gasteiger partial charge in [-0.05, 0) is 30.5 Å². The van der Waals surface area contributed by atoms with E-state index in [4.69, 9.17) is 5.73 Å². The first-order valence-electron chi connectivity index (χ1n) is 6.98. The summed E-state index contributed by atoms with van der Waals surface area (Å²) in [7, 11) is -3.22. The van der Waals surface area contributed by atoms with Crippen LogP contribution in [0.3, 0.4) is 0 Å². The predicted molar refractivity (Wildman–Crippen MR) is 83.6 cm³/mol. The minimum absolute atomic E-state index is 0.0344. The summed E-state index contributed by atoms with van der Waals surface area (Å²) in [5.41, 5.74) is 6.92. The first-order valence-corrected chi connectivity index (χ1v) is 8.59. The highest BCUT2D eigenvalue weighted by Crippen LogP contribution is 2.26. The SMILES string of the molecule is CC(C)[C@H](N)C(=O)Nc1cccc(N2CCCS2(=O)=O)c1. The van der Waals surface area contributed by atoms with Gasteiger partial charge in [-0.25, -0.2) is 8.42 Å². The number of hydrogen-bond acceptors (Lipinski definition) is 4. The van der Waals surface area contributed by atoms with Crippen LogP contribution in [0.5, 0.6) is 0 Å². The number of nitrogens with zero attached hydrogens (tertiary/aromatic N) is 1. The average molecular weight is 311 g/mol. The molecule has 0 saturated carbocycles. The molecular formula is C14H21N3O3S. The molecule has 0 spiro atoms. The van der Waals surface area contributed by atoms with Crippen molar-refractivity contribution in [2.45, 2.75) is 26.3 Å². The Hall–Kier alpha value is -1.60. The zero-order chi connectivity index (χ0) is 15.6. The van der Waals surface area contributed by atoms with E-state index in [9.17, 15) is 13.2 Å². The molecule has 1 saturated heterocycles. The van der Waals surface area contributed by atoms with Gasteiger partial charge in [-0.2, -0.15) is 0 Å². The van der Waals surface area contributed by atoms with E-state index in [-0.39, 0.29) is 17.6 Å². The lowest BCUT2D eigenvalue weighted by Crippen LogP contribution is -2.39. The lowest BCUT2D eigenvalue weighted by Gasteiger charge is -2.19. The van der Waals surface area contributed by atoms with E-state index in [0.29, 0.717) is 24.3 Å². The molecule has 1 aromatic rings. The van der Waals surface area contributed by atoms with Gasteiger partial charge in [0.1, 0.15) is 0 Å². The molecule has 21 heavy (non-hydrogen) atoms. The fraction of sp³-hybridized carbons (Fsp3) is 0.500. The van der Waals surface area contributed by atoms with E-state index in [1.165, 1.54) is 4.31 Å².